The van der Waals surface area contributed by atoms with Crippen molar-refractivity contribution in [2.24, 2.45) is 0 Å². The molecule has 2 aliphatic rings. The maximum Gasteiger partial charge on any atom is 0.186 e. The van der Waals surface area contributed by atoms with Crippen molar-refractivity contribution >= 4 is 0 Å². The summed E-state index contributed by atoms with van der Waals surface area (Å²) in [5.41, 5.74) is 0. The normalized spacial score (nSPS) is 43.5. The molecule has 2 saturated heterocycles. The van der Waals surface area contributed by atoms with E-state index in [2.05, 4.69) is 0 Å². The van der Waals surface area contributed by atoms with Crippen LogP contribution in [-0.2, 0) is 18.9 Å². The van der Waals surface area contributed by atoms with Crippen LogP contribution >= 0.6 is 0 Å². The molecule has 0 aromatic rings. The number of hydrogen-bond donors (Lipinski definition) is 2. The predicted octanol–water partition coefficient (Wildman–Crippen LogP) is 0.0112. The van der Waals surface area contributed by atoms with Crippen molar-refractivity contribution in [3.8, 4) is 0 Å². The van der Waals surface area contributed by atoms with Gasteiger partial charge in [0.2, 0.25) is 0 Å². The monoisotopic (exact) mass is 262 g/mol. The van der Waals surface area contributed by atoms with Crippen LogP contribution < -0.4 is 0 Å². The lowest BCUT2D eigenvalue weighted by molar-refractivity contribution is -0.382. The van der Waals surface area contributed by atoms with Gasteiger partial charge in [-0.25, -0.2) is 0 Å². The first kappa shape index (κ1) is 14.2. The zero-order valence-corrected chi connectivity index (χ0v) is 11.0. The van der Waals surface area contributed by atoms with Gasteiger partial charge in [-0.2, -0.15) is 0 Å². The number of fused-ring (bicyclic) bond motifs is 1. The highest BCUT2D eigenvalue weighted by Gasteiger charge is 2.50. The lowest BCUT2D eigenvalue weighted by Crippen LogP contribution is -2.64. The van der Waals surface area contributed by atoms with Crippen LogP contribution in [0, 0.1) is 0 Å². The van der Waals surface area contributed by atoms with Crippen LogP contribution in [-0.4, -0.2) is 59.9 Å². The van der Waals surface area contributed by atoms with Gasteiger partial charge in [-0.15, -0.1) is 0 Å². The quantitative estimate of drug-likeness (QED) is 0.746. The molecule has 0 aromatic heterocycles. The van der Waals surface area contributed by atoms with Crippen molar-refractivity contribution in [2.75, 3.05) is 13.2 Å². The van der Waals surface area contributed by atoms with Crippen molar-refractivity contribution < 1.29 is 29.2 Å². The maximum atomic E-state index is 10.1. The maximum absolute atomic E-state index is 10.1. The summed E-state index contributed by atoms with van der Waals surface area (Å²) in [6, 6.07) is 0. The fourth-order valence-electron chi connectivity index (χ4n) is 2.20. The molecule has 0 spiro atoms. The Labute approximate surface area is 107 Å². The van der Waals surface area contributed by atoms with Gasteiger partial charge < -0.3 is 29.2 Å². The highest BCUT2D eigenvalue weighted by Crippen LogP contribution is 2.32. The zero-order valence-electron chi connectivity index (χ0n) is 11.0. The molecule has 2 aliphatic heterocycles. The van der Waals surface area contributed by atoms with Crippen LogP contribution in [0.2, 0.25) is 0 Å². The van der Waals surface area contributed by atoms with E-state index in [9.17, 15) is 10.2 Å². The minimum absolute atomic E-state index is 0.313. The van der Waals surface area contributed by atoms with Gasteiger partial charge >= 0.3 is 0 Å². The first-order chi connectivity index (χ1) is 8.44. The zero-order chi connectivity index (χ0) is 13.3. The van der Waals surface area contributed by atoms with Crippen LogP contribution in [0.3, 0.4) is 0 Å². The van der Waals surface area contributed by atoms with Crippen molar-refractivity contribution in [3.63, 3.8) is 0 Å². The third-order valence-corrected chi connectivity index (χ3v) is 3.14. The Morgan fingerprint density at radius 3 is 2.67 bits per heavy atom. The second-order valence-electron chi connectivity index (χ2n) is 5.19. The first-order valence-corrected chi connectivity index (χ1v) is 6.39. The Morgan fingerprint density at radius 2 is 2.00 bits per heavy atom. The highest BCUT2D eigenvalue weighted by atomic mass is 16.8. The van der Waals surface area contributed by atoms with Crippen molar-refractivity contribution in [2.45, 2.75) is 63.7 Å². The number of aliphatic hydroxyl groups excluding tert-OH is 2. The fourth-order valence-corrected chi connectivity index (χ4v) is 2.20. The van der Waals surface area contributed by atoms with Gasteiger partial charge in [0.15, 0.2) is 12.1 Å². The van der Waals surface area contributed by atoms with Crippen molar-refractivity contribution in [3.05, 3.63) is 0 Å². The van der Waals surface area contributed by atoms with Crippen LogP contribution in [0.1, 0.15) is 27.2 Å². The second-order valence-corrected chi connectivity index (χ2v) is 5.19. The molecular formula is C12H22O6. The Kier molecular flexibility index (Phi) is 4.25. The highest BCUT2D eigenvalue weighted by molar-refractivity contribution is 4.93. The molecule has 0 aliphatic carbocycles. The third kappa shape index (κ3) is 2.84. The number of aliphatic hydroxyl groups is 2. The molecule has 6 nitrogen and oxygen atoms in total. The number of ether oxygens (including phenoxy) is 4. The van der Waals surface area contributed by atoms with Gasteiger partial charge in [0, 0.05) is 6.61 Å². The molecule has 0 bridgehead atoms. The van der Waals surface area contributed by atoms with E-state index in [1.807, 2.05) is 6.92 Å². The molecule has 0 unspecified atom stereocenters. The van der Waals surface area contributed by atoms with Crippen LogP contribution in [0.5, 0.6) is 0 Å². The molecule has 2 heterocycles. The SMILES string of the molecule is CCCO[C@@H]1O[C@@H]2COC(C)(C)O[C@H]2[C@H](O)[C@H]1O. The average molecular weight is 262 g/mol. The molecule has 0 aromatic carbocycles. The molecule has 5 atom stereocenters. The molecule has 18 heavy (non-hydrogen) atoms. The van der Waals surface area contributed by atoms with Gasteiger partial charge in [0.1, 0.15) is 24.4 Å². The minimum Gasteiger partial charge on any atom is -0.387 e. The van der Waals surface area contributed by atoms with Gasteiger partial charge in [0.05, 0.1) is 6.61 Å². The Hall–Kier alpha value is -0.240. The van der Waals surface area contributed by atoms with E-state index in [-0.39, 0.29) is 0 Å². The van der Waals surface area contributed by atoms with Crippen molar-refractivity contribution in [1.82, 2.24) is 0 Å². The molecule has 2 rings (SSSR count). The van der Waals surface area contributed by atoms with E-state index < -0.39 is 36.5 Å². The molecular weight excluding hydrogens is 240 g/mol. The van der Waals surface area contributed by atoms with E-state index >= 15 is 0 Å². The summed E-state index contributed by atoms with van der Waals surface area (Å²) >= 11 is 0. The second kappa shape index (κ2) is 5.40. The van der Waals surface area contributed by atoms with Crippen LogP contribution in [0.25, 0.3) is 0 Å². The lowest BCUT2D eigenvalue weighted by atomic mass is 9.97. The summed E-state index contributed by atoms with van der Waals surface area (Å²) in [6.07, 6.45) is -3.16. The van der Waals surface area contributed by atoms with E-state index in [0.29, 0.717) is 13.2 Å². The summed E-state index contributed by atoms with van der Waals surface area (Å²) in [5.74, 6) is -0.775. The van der Waals surface area contributed by atoms with Crippen molar-refractivity contribution in [1.29, 1.82) is 0 Å². The van der Waals surface area contributed by atoms with Crippen LogP contribution in [0.15, 0.2) is 0 Å². The minimum atomic E-state index is -1.10. The third-order valence-electron chi connectivity index (χ3n) is 3.14. The summed E-state index contributed by atoms with van der Waals surface area (Å²) in [4.78, 5) is 0. The summed E-state index contributed by atoms with van der Waals surface area (Å²) in [7, 11) is 0. The topological polar surface area (TPSA) is 77.4 Å². The largest absolute Gasteiger partial charge is 0.387 e. The van der Waals surface area contributed by atoms with E-state index in [0.717, 1.165) is 6.42 Å². The molecule has 0 radical (unpaired) electrons. The van der Waals surface area contributed by atoms with Gasteiger partial charge in [-0.1, -0.05) is 6.92 Å². The Bertz CT molecular complexity index is 280. The van der Waals surface area contributed by atoms with E-state index in [4.69, 9.17) is 18.9 Å². The molecule has 106 valence electrons. The first-order valence-electron chi connectivity index (χ1n) is 6.39. The molecule has 2 fully saturated rings. The standard InChI is InChI=1S/C12H22O6/c1-4-5-15-11-9(14)8(13)10-7(17-11)6-16-12(2,3)18-10/h7-11,13-14H,4-6H2,1-3H3/t7-,8-,9-,10-,11-/m1/s1. The van der Waals surface area contributed by atoms with Gasteiger partial charge in [-0.3, -0.25) is 0 Å². The molecule has 0 saturated carbocycles. The van der Waals surface area contributed by atoms with Crippen LogP contribution in [0.4, 0.5) is 0 Å². The average Bonchev–Trinajstić information content (AvgIpc) is 2.32. The number of hydrogen-bond acceptors (Lipinski definition) is 6. The number of rotatable bonds is 3. The van der Waals surface area contributed by atoms with E-state index in [1.165, 1.54) is 0 Å². The Balaban J connectivity index is 2.02. The Morgan fingerprint density at radius 1 is 1.28 bits per heavy atom. The summed E-state index contributed by atoms with van der Waals surface area (Å²) in [5, 5.41) is 20.0. The summed E-state index contributed by atoms with van der Waals surface area (Å²) < 4.78 is 22.0. The van der Waals surface area contributed by atoms with Gasteiger partial charge in [-0.05, 0) is 20.3 Å². The predicted molar refractivity (Wildman–Crippen MR) is 61.8 cm³/mol. The molecule has 0 amide bonds. The fraction of sp³-hybridized carbons (Fsp3) is 1.00. The van der Waals surface area contributed by atoms with Gasteiger partial charge in [0.25, 0.3) is 0 Å². The lowest BCUT2D eigenvalue weighted by Gasteiger charge is -2.48. The summed E-state index contributed by atoms with van der Waals surface area (Å²) in [6.45, 7) is 6.28. The van der Waals surface area contributed by atoms with E-state index in [1.54, 1.807) is 13.8 Å². The molecule has 6 heteroatoms. The molecule has 2 N–H and O–H groups in total. The smallest absolute Gasteiger partial charge is 0.186 e.